The minimum absolute atomic E-state index is 0.112. The molecule has 1 fully saturated rings. The Labute approximate surface area is 162 Å². The molecule has 0 spiro atoms. The van der Waals surface area contributed by atoms with Crippen LogP contribution in [0.2, 0.25) is 0 Å². The smallest absolute Gasteiger partial charge is 0.339 e. The number of hydrogen-bond donors (Lipinski definition) is 0. The van der Waals surface area contributed by atoms with Crippen molar-refractivity contribution in [2.24, 2.45) is 0 Å². The molecule has 3 aromatic rings. The number of ether oxygens (including phenoxy) is 1. The number of likely N-dealkylation sites (tertiary alicyclic amines) is 1. The first kappa shape index (κ1) is 17.0. The summed E-state index contributed by atoms with van der Waals surface area (Å²) in [7, 11) is 0. The molecule has 6 nitrogen and oxygen atoms in total. The van der Waals surface area contributed by atoms with Gasteiger partial charge in [0.1, 0.15) is 5.52 Å². The van der Waals surface area contributed by atoms with Gasteiger partial charge in [0.2, 0.25) is 0 Å². The van der Waals surface area contributed by atoms with Gasteiger partial charge in [-0.3, -0.25) is 4.79 Å². The van der Waals surface area contributed by atoms with Gasteiger partial charge in [0.25, 0.3) is 5.91 Å². The Kier molecular flexibility index (Phi) is 4.11. The summed E-state index contributed by atoms with van der Waals surface area (Å²) in [6.07, 6.45) is 1.28. The van der Waals surface area contributed by atoms with Crippen LogP contribution >= 0.6 is 0 Å². The van der Waals surface area contributed by atoms with Crippen molar-refractivity contribution >= 4 is 23.0 Å². The molecule has 3 heterocycles. The highest BCUT2D eigenvalue weighted by Gasteiger charge is 2.36. The number of oxazole rings is 1. The number of fused-ring (bicyclic) bond motifs is 2. The molecule has 2 aromatic carbocycles. The average Bonchev–Trinajstić information content (AvgIpc) is 3.18. The molecule has 0 radical (unpaired) electrons. The second kappa shape index (κ2) is 6.78. The fourth-order valence-electron chi connectivity index (χ4n) is 4.08. The van der Waals surface area contributed by atoms with Crippen molar-refractivity contribution in [3.8, 4) is 0 Å². The van der Waals surface area contributed by atoms with E-state index in [0.717, 1.165) is 35.4 Å². The molecule has 2 aliphatic heterocycles. The number of piperidine rings is 1. The summed E-state index contributed by atoms with van der Waals surface area (Å²) in [5, 5.41) is 0. The highest BCUT2D eigenvalue weighted by molar-refractivity contribution is 5.95. The Balaban J connectivity index is 1.25. The molecule has 1 atom stereocenters. The molecule has 142 valence electrons. The van der Waals surface area contributed by atoms with Crippen LogP contribution in [0.4, 0.5) is 0 Å². The zero-order valence-electron chi connectivity index (χ0n) is 15.3. The van der Waals surface area contributed by atoms with Gasteiger partial charge in [0, 0.05) is 25.4 Å². The molecule has 0 bridgehead atoms. The average molecular weight is 376 g/mol. The lowest BCUT2D eigenvalue weighted by molar-refractivity contribution is -0.142. The SMILES string of the molecule is O=C1OC(C(=O)N2CCC(c3nc4ccccc4o3)CC2)Cc2ccccc21. The predicted molar refractivity (Wildman–Crippen MR) is 102 cm³/mol. The van der Waals surface area contributed by atoms with Gasteiger partial charge < -0.3 is 14.1 Å². The van der Waals surface area contributed by atoms with Gasteiger partial charge in [0.05, 0.1) is 5.56 Å². The van der Waals surface area contributed by atoms with Crippen molar-refractivity contribution in [1.82, 2.24) is 9.88 Å². The number of rotatable bonds is 2. The van der Waals surface area contributed by atoms with E-state index in [0.29, 0.717) is 25.1 Å². The molecule has 1 amide bonds. The molecule has 0 saturated carbocycles. The molecule has 1 saturated heterocycles. The van der Waals surface area contributed by atoms with E-state index in [1.807, 2.05) is 36.4 Å². The summed E-state index contributed by atoms with van der Waals surface area (Å²) in [4.78, 5) is 31.5. The molecule has 2 aliphatic rings. The largest absolute Gasteiger partial charge is 0.448 e. The third-order valence-corrected chi connectivity index (χ3v) is 5.63. The van der Waals surface area contributed by atoms with Crippen LogP contribution in [0.15, 0.2) is 52.9 Å². The molecule has 1 aromatic heterocycles. The van der Waals surface area contributed by atoms with Crippen molar-refractivity contribution in [2.75, 3.05) is 13.1 Å². The van der Waals surface area contributed by atoms with Crippen LogP contribution in [-0.2, 0) is 16.0 Å². The van der Waals surface area contributed by atoms with E-state index >= 15 is 0 Å². The number of carbonyl (C=O) groups excluding carboxylic acids is 2. The minimum Gasteiger partial charge on any atom is -0.448 e. The van der Waals surface area contributed by atoms with Crippen LogP contribution in [0.25, 0.3) is 11.1 Å². The second-order valence-electron chi connectivity index (χ2n) is 7.37. The van der Waals surface area contributed by atoms with E-state index in [4.69, 9.17) is 9.15 Å². The van der Waals surface area contributed by atoms with Gasteiger partial charge in [-0.1, -0.05) is 30.3 Å². The lowest BCUT2D eigenvalue weighted by Crippen LogP contribution is -2.47. The van der Waals surface area contributed by atoms with Gasteiger partial charge >= 0.3 is 5.97 Å². The number of para-hydroxylation sites is 2. The van der Waals surface area contributed by atoms with Crippen LogP contribution in [0, 0.1) is 0 Å². The van der Waals surface area contributed by atoms with Crippen LogP contribution in [-0.4, -0.2) is 41.0 Å². The van der Waals surface area contributed by atoms with Crippen LogP contribution in [0.3, 0.4) is 0 Å². The molecular weight excluding hydrogens is 356 g/mol. The lowest BCUT2D eigenvalue weighted by atomic mass is 9.94. The zero-order valence-corrected chi connectivity index (χ0v) is 15.3. The molecule has 0 N–H and O–H groups in total. The Morgan fingerprint density at radius 3 is 2.61 bits per heavy atom. The third-order valence-electron chi connectivity index (χ3n) is 5.63. The Morgan fingerprint density at radius 2 is 1.79 bits per heavy atom. The van der Waals surface area contributed by atoms with Gasteiger partial charge in [-0.05, 0) is 36.6 Å². The van der Waals surface area contributed by atoms with Gasteiger partial charge in [-0.15, -0.1) is 0 Å². The second-order valence-corrected chi connectivity index (χ2v) is 7.37. The standard InChI is InChI=1S/C22H20N2O4/c25-21(19-13-15-5-1-2-6-16(15)22(26)28-19)24-11-9-14(10-12-24)20-23-17-7-3-4-8-18(17)27-20/h1-8,14,19H,9-13H2. The van der Waals surface area contributed by atoms with Crippen molar-refractivity contribution in [2.45, 2.75) is 31.3 Å². The highest BCUT2D eigenvalue weighted by atomic mass is 16.5. The lowest BCUT2D eigenvalue weighted by Gasteiger charge is -2.34. The number of esters is 1. The number of carbonyl (C=O) groups is 2. The Hall–Kier alpha value is -3.15. The maximum atomic E-state index is 12.9. The number of nitrogens with zero attached hydrogens (tertiary/aromatic N) is 2. The summed E-state index contributed by atoms with van der Waals surface area (Å²) in [6, 6.07) is 15.0. The van der Waals surface area contributed by atoms with E-state index in [2.05, 4.69) is 4.98 Å². The van der Waals surface area contributed by atoms with Crippen LogP contribution in [0.1, 0.15) is 40.6 Å². The van der Waals surface area contributed by atoms with Crippen molar-refractivity contribution in [3.63, 3.8) is 0 Å². The third kappa shape index (κ3) is 2.95. The molecule has 0 aliphatic carbocycles. The summed E-state index contributed by atoms with van der Waals surface area (Å²) in [6.45, 7) is 1.22. The zero-order chi connectivity index (χ0) is 19.1. The normalized spacial score (nSPS) is 20.1. The fourth-order valence-corrected chi connectivity index (χ4v) is 4.08. The first-order chi connectivity index (χ1) is 13.7. The van der Waals surface area contributed by atoms with Gasteiger partial charge in [-0.25, -0.2) is 9.78 Å². The monoisotopic (exact) mass is 376 g/mol. The van der Waals surface area contributed by atoms with Crippen LogP contribution < -0.4 is 0 Å². The summed E-state index contributed by atoms with van der Waals surface area (Å²) >= 11 is 0. The minimum atomic E-state index is -0.733. The van der Waals surface area contributed by atoms with Crippen molar-refractivity contribution in [1.29, 1.82) is 0 Å². The highest BCUT2D eigenvalue weighted by Crippen LogP contribution is 2.31. The quantitative estimate of drug-likeness (QED) is 0.642. The van der Waals surface area contributed by atoms with Crippen molar-refractivity contribution < 1.29 is 18.7 Å². The van der Waals surface area contributed by atoms with E-state index in [9.17, 15) is 9.59 Å². The Morgan fingerprint density at radius 1 is 1.04 bits per heavy atom. The molecule has 5 rings (SSSR count). The molecule has 1 unspecified atom stereocenters. The number of amides is 1. The number of hydrogen-bond acceptors (Lipinski definition) is 5. The fraction of sp³-hybridized carbons (Fsp3) is 0.318. The van der Waals surface area contributed by atoms with E-state index in [-0.39, 0.29) is 11.8 Å². The summed E-state index contributed by atoms with van der Waals surface area (Å²) < 4.78 is 11.3. The van der Waals surface area contributed by atoms with Gasteiger partial charge in [0.15, 0.2) is 17.6 Å². The molecule has 6 heteroatoms. The Bertz CT molecular complexity index is 1020. The van der Waals surface area contributed by atoms with Crippen LogP contribution in [0.5, 0.6) is 0 Å². The number of cyclic esters (lactones) is 1. The summed E-state index contributed by atoms with van der Waals surface area (Å²) in [5.74, 6) is 0.415. The van der Waals surface area contributed by atoms with Crippen molar-refractivity contribution in [3.05, 3.63) is 65.5 Å². The molecular formula is C22H20N2O4. The number of aromatic nitrogens is 1. The first-order valence-corrected chi connectivity index (χ1v) is 9.62. The predicted octanol–water partition coefficient (Wildman–Crippen LogP) is 3.32. The maximum Gasteiger partial charge on any atom is 0.339 e. The molecule has 28 heavy (non-hydrogen) atoms. The summed E-state index contributed by atoms with van der Waals surface area (Å²) in [5.41, 5.74) is 3.09. The van der Waals surface area contributed by atoms with E-state index in [1.165, 1.54) is 0 Å². The number of benzene rings is 2. The topological polar surface area (TPSA) is 72.6 Å². The first-order valence-electron chi connectivity index (χ1n) is 9.62. The maximum absolute atomic E-state index is 12.9. The van der Waals surface area contributed by atoms with Gasteiger partial charge in [-0.2, -0.15) is 0 Å². The van der Waals surface area contributed by atoms with E-state index in [1.54, 1.807) is 17.0 Å². The van der Waals surface area contributed by atoms with E-state index < -0.39 is 12.1 Å².